The van der Waals surface area contributed by atoms with E-state index in [1.807, 2.05) is 0 Å². The Hall–Kier alpha value is -0.0800. The fourth-order valence-corrected chi connectivity index (χ4v) is 2.82. The summed E-state index contributed by atoms with van der Waals surface area (Å²) in [5, 5.41) is 3.34. The minimum atomic E-state index is 0.628. The molecule has 96 valence electrons. The van der Waals surface area contributed by atoms with Crippen molar-refractivity contribution in [1.29, 1.82) is 0 Å². The van der Waals surface area contributed by atoms with Crippen LogP contribution in [-0.4, -0.2) is 37.1 Å². The molecule has 0 aliphatic heterocycles. The van der Waals surface area contributed by atoms with Gasteiger partial charge in [-0.05, 0) is 47.2 Å². The van der Waals surface area contributed by atoms with Crippen LogP contribution in [0.1, 0.15) is 58.8 Å². The summed E-state index contributed by atoms with van der Waals surface area (Å²) in [7, 11) is 4.38. The molecule has 1 fully saturated rings. The molecular weight excluding hydrogens is 196 g/mol. The van der Waals surface area contributed by atoms with Crippen molar-refractivity contribution in [3.63, 3.8) is 0 Å². The molecule has 1 saturated carbocycles. The topological polar surface area (TPSA) is 15.3 Å². The zero-order valence-corrected chi connectivity index (χ0v) is 11.6. The molecule has 2 unspecified atom stereocenters. The lowest BCUT2D eigenvalue weighted by molar-refractivity contribution is 0.153. The Bertz CT molecular complexity index is 174. The van der Waals surface area contributed by atoms with Gasteiger partial charge in [0.25, 0.3) is 0 Å². The van der Waals surface area contributed by atoms with Crippen LogP contribution < -0.4 is 5.32 Å². The largest absolute Gasteiger partial charge is 0.317 e. The summed E-state index contributed by atoms with van der Waals surface area (Å²) in [5.74, 6) is 0. The van der Waals surface area contributed by atoms with E-state index in [0.29, 0.717) is 12.1 Å². The van der Waals surface area contributed by atoms with Crippen LogP contribution in [0.25, 0.3) is 0 Å². The smallest absolute Gasteiger partial charge is 0.00950 e. The van der Waals surface area contributed by atoms with E-state index >= 15 is 0 Å². The first-order chi connectivity index (χ1) is 7.65. The SMILES string of the molecule is CNC(C)CC(C)N(C)C1CCCCCC1. The van der Waals surface area contributed by atoms with E-state index in [1.165, 1.54) is 44.9 Å². The van der Waals surface area contributed by atoms with Crippen molar-refractivity contribution < 1.29 is 0 Å². The Morgan fingerprint density at radius 3 is 2.19 bits per heavy atom. The average Bonchev–Trinajstić information content (AvgIpc) is 2.56. The molecule has 0 radical (unpaired) electrons. The van der Waals surface area contributed by atoms with Gasteiger partial charge in [-0.1, -0.05) is 25.7 Å². The van der Waals surface area contributed by atoms with Crippen LogP contribution in [0.15, 0.2) is 0 Å². The van der Waals surface area contributed by atoms with Gasteiger partial charge < -0.3 is 10.2 Å². The summed E-state index contributed by atoms with van der Waals surface area (Å²) in [6.45, 7) is 4.65. The lowest BCUT2D eigenvalue weighted by atomic mass is 10.0. The predicted molar refractivity (Wildman–Crippen MR) is 71.9 cm³/mol. The molecule has 2 atom stereocenters. The Labute approximate surface area is 102 Å². The van der Waals surface area contributed by atoms with Crippen molar-refractivity contribution in [3.8, 4) is 0 Å². The molecule has 0 amide bonds. The molecule has 1 aliphatic carbocycles. The van der Waals surface area contributed by atoms with Crippen molar-refractivity contribution in [2.24, 2.45) is 0 Å². The lowest BCUT2D eigenvalue weighted by Gasteiger charge is -2.34. The van der Waals surface area contributed by atoms with Gasteiger partial charge in [-0.15, -0.1) is 0 Å². The fourth-order valence-electron chi connectivity index (χ4n) is 2.82. The number of hydrogen-bond donors (Lipinski definition) is 1. The van der Waals surface area contributed by atoms with Gasteiger partial charge in [0.2, 0.25) is 0 Å². The second-order valence-electron chi connectivity index (χ2n) is 5.59. The van der Waals surface area contributed by atoms with Gasteiger partial charge in [0, 0.05) is 18.1 Å². The third-order valence-corrected chi connectivity index (χ3v) is 4.28. The Morgan fingerprint density at radius 2 is 1.69 bits per heavy atom. The molecule has 1 aliphatic rings. The Morgan fingerprint density at radius 1 is 1.12 bits per heavy atom. The van der Waals surface area contributed by atoms with E-state index in [0.717, 1.165) is 6.04 Å². The quantitative estimate of drug-likeness (QED) is 0.725. The molecule has 2 nitrogen and oxygen atoms in total. The second kappa shape index (κ2) is 7.29. The first kappa shape index (κ1) is 14.0. The minimum Gasteiger partial charge on any atom is -0.317 e. The predicted octanol–water partition coefficient (Wildman–Crippen LogP) is 3.03. The van der Waals surface area contributed by atoms with E-state index in [1.54, 1.807) is 0 Å². The van der Waals surface area contributed by atoms with Gasteiger partial charge in [-0.2, -0.15) is 0 Å². The molecule has 16 heavy (non-hydrogen) atoms. The summed E-state index contributed by atoms with van der Waals surface area (Å²) >= 11 is 0. The molecule has 0 aromatic carbocycles. The molecule has 0 spiro atoms. The molecule has 0 heterocycles. The van der Waals surface area contributed by atoms with Crippen LogP contribution in [0.5, 0.6) is 0 Å². The molecule has 1 rings (SSSR count). The van der Waals surface area contributed by atoms with Crippen molar-refractivity contribution in [3.05, 3.63) is 0 Å². The van der Waals surface area contributed by atoms with Gasteiger partial charge in [0.15, 0.2) is 0 Å². The van der Waals surface area contributed by atoms with Crippen LogP contribution in [0, 0.1) is 0 Å². The molecule has 0 aromatic heterocycles. The Kier molecular flexibility index (Phi) is 6.37. The Balaban J connectivity index is 2.38. The zero-order chi connectivity index (χ0) is 12.0. The van der Waals surface area contributed by atoms with Crippen molar-refractivity contribution in [2.75, 3.05) is 14.1 Å². The lowest BCUT2D eigenvalue weighted by Crippen LogP contribution is -2.41. The molecule has 0 saturated heterocycles. The maximum Gasteiger partial charge on any atom is 0.00950 e. The third-order valence-electron chi connectivity index (χ3n) is 4.28. The average molecular weight is 226 g/mol. The van der Waals surface area contributed by atoms with E-state index in [9.17, 15) is 0 Å². The van der Waals surface area contributed by atoms with Crippen LogP contribution >= 0.6 is 0 Å². The van der Waals surface area contributed by atoms with Crippen molar-refractivity contribution in [2.45, 2.75) is 76.9 Å². The van der Waals surface area contributed by atoms with Crippen molar-refractivity contribution in [1.82, 2.24) is 10.2 Å². The van der Waals surface area contributed by atoms with Gasteiger partial charge >= 0.3 is 0 Å². The highest BCUT2D eigenvalue weighted by molar-refractivity contribution is 4.78. The van der Waals surface area contributed by atoms with Crippen LogP contribution in [0.4, 0.5) is 0 Å². The highest BCUT2D eigenvalue weighted by Crippen LogP contribution is 2.23. The summed E-state index contributed by atoms with van der Waals surface area (Å²) < 4.78 is 0. The maximum atomic E-state index is 3.34. The van der Waals surface area contributed by atoms with E-state index in [4.69, 9.17) is 0 Å². The highest BCUT2D eigenvalue weighted by Gasteiger charge is 2.21. The number of nitrogens with zero attached hydrogens (tertiary/aromatic N) is 1. The third kappa shape index (κ3) is 4.42. The van der Waals surface area contributed by atoms with Crippen molar-refractivity contribution >= 4 is 0 Å². The second-order valence-corrected chi connectivity index (χ2v) is 5.59. The van der Waals surface area contributed by atoms with E-state index < -0.39 is 0 Å². The number of rotatable bonds is 5. The van der Waals surface area contributed by atoms with Crippen LogP contribution in [-0.2, 0) is 0 Å². The molecule has 0 bridgehead atoms. The first-order valence-corrected chi connectivity index (χ1v) is 7.04. The summed E-state index contributed by atoms with van der Waals surface area (Å²) in [4.78, 5) is 2.62. The summed E-state index contributed by atoms with van der Waals surface area (Å²) in [6.07, 6.45) is 9.84. The first-order valence-electron chi connectivity index (χ1n) is 7.04. The van der Waals surface area contributed by atoms with Gasteiger partial charge in [-0.3, -0.25) is 0 Å². The number of nitrogens with one attached hydrogen (secondary N) is 1. The van der Waals surface area contributed by atoms with Gasteiger partial charge in [0.1, 0.15) is 0 Å². The summed E-state index contributed by atoms with van der Waals surface area (Å²) in [5.41, 5.74) is 0. The molecule has 2 heteroatoms. The van der Waals surface area contributed by atoms with E-state index in [-0.39, 0.29) is 0 Å². The highest BCUT2D eigenvalue weighted by atomic mass is 15.2. The van der Waals surface area contributed by atoms with Crippen LogP contribution in [0.2, 0.25) is 0 Å². The van der Waals surface area contributed by atoms with Gasteiger partial charge in [0.05, 0.1) is 0 Å². The fraction of sp³-hybridized carbons (Fsp3) is 1.00. The summed E-state index contributed by atoms with van der Waals surface area (Å²) in [6, 6.07) is 2.16. The zero-order valence-electron chi connectivity index (χ0n) is 11.6. The molecular formula is C14H30N2. The van der Waals surface area contributed by atoms with E-state index in [2.05, 4.69) is 38.2 Å². The van der Waals surface area contributed by atoms with Crippen LogP contribution in [0.3, 0.4) is 0 Å². The number of hydrogen-bond acceptors (Lipinski definition) is 2. The maximum absolute atomic E-state index is 3.34. The standard InChI is InChI=1S/C14H30N2/c1-12(15-3)11-13(2)16(4)14-9-7-5-6-8-10-14/h12-15H,5-11H2,1-4H3. The normalized spacial score (nSPS) is 23.1. The van der Waals surface area contributed by atoms with Gasteiger partial charge in [-0.25, -0.2) is 0 Å². The monoisotopic (exact) mass is 226 g/mol. The minimum absolute atomic E-state index is 0.628. The molecule has 1 N–H and O–H groups in total. The molecule has 0 aromatic rings.